The number of ether oxygens (including phenoxy) is 2. The summed E-state index contributed by atoms with van der Waals surface area (Å²) in [6.45, 7) is 0.795. The van der Waals surface area contributed by atoms with Gasteiger partial charge in [0.15, 0.2) is 15.0 Å². The summed E-state index contributed by atoms with van der Waals surface area (Å²) in [6, 6.07) is 9.25. The molecule has 12 heteroatoms. The van der Waals surface area contributed by atoms with Gasteiger partial charge in [0, 0.05) is 18.1 Å². The minimum absolute atomic E-state index is 0. The van der Waals surface area contributed by atoms with Gasteiger partial charge in [-0.25, -0.2) is 13.4 Å². The van der Waals surface area contributed by atoms with Crippen molar-refractivity contribution in [2.24, 2.45) is 0 Å². The molecule has 8 nitrogen and oxygen atoms in total. The summed E-state index contributed by atoms with van der Waals surface area (Å²) in [5.74, 6) is -0.124. The first-order valence-electron chi connectivity index (χ1n) is 9.61. The van der Waals surface area contributed by atoms with Crippen molar-refractivity contribution in [2.75, 3.05) is 52.1 Å². The molecule has 0 unspecified atom stereocenters. The summed E-state index contributed by atoms with van der Waals surface area (Å²) < 4.78 is 37.2. The highest BCUT2D eigenvalue weighted by Crippen LogP contribution is 2.40. The van der Waals surface area contributed by atoms with Crippen LogP contribution in [0.25, 0.3) is 10.2 Å². The number of likely N-dealkylation sites (N-methyl/N-ethyl adjacent to an activating group) is 1. The number of anilines is 1. The van der Waals surface area contributed by atoms with Crippen molar-refractivity contribution >= 4 is 66.4 Å². The maximum absolute atomic E-state index is 13.2. The Kier molecular flexibility index (Phi) is 9.33. The van der Waals surface area contributed by atoms with E-state index in [4.69, 9.17) is 21.1 Å². The number of amides is 1. The third-order valence-electron chi connectivity index (χ3n) is 4.69. The number of hydrogen-bond donors (Lipinski definition) is 0. The van der Waals surface area contributed by atoms with Gasteiger partial charge in [0.25, 0.3) is 0 Å². The van der Waals surface area contributed by atoms with Crippen LogP contribution in [0.2, 0.25) is 5.02 Å². The molecule has 0 saturated carbocycles. The van der Waals surface area contributed by atoms with Crippen LogP contribution in [0.4, 0.5) is 5.13 Å². The Labute approximate surface area is 208 Å². The summed E-state index contributed by atoms with van der Waals surface area (Å²) in [4.78, 5) is 21.1. The van der Waals surface area contributed by atoms with Gasteiger partial charge in [-0.1, -0.05) is 22.9 Å². The summed E-state index contributed by atoms with van der Waals surface area (Å²) in [7, 11) is 2.97. The quantitative estimate of drug-likeness (QED) is 0.413. The Morgan fingerprint density at radius 3 is 2.21 bits per heavy atom. The molecule has 33 heavy (non-hydrogen) atoms. The highest BCUT2D eigenvalue weighted by atomic mass is 35.5. The topological polar surface area (TPSA) is 89.0 Å². The summed E-state index contributed by atoms with van der Waals surface area (Å²) in [5, 5.41) is 0.793. The van der Waals surface area contributed by atoms with Crippen LogP contribution in [0.15, 0.2) is 41.3 Å². The molecule has 2 aromatic carbocycles. The molecule has 1 heterocycles. The number of thiazole rings is 1. The molecular formula is C21H25Cl2N3O5S2. The molecule has 3 rings (SSSR count). The van der Waals surface area contributed by atoms with Crippen LogP contribution in [-0.4, -0.2) is 71.4 Å². The number of sulfone groups is 1. The molecule has 0 aliphatic carbocycles. The molecule has 0 atom stereocenters. The van der Waals surface area contributed by atoms with E-state index in [1.54, 1.807) is 19.2 Å². The van der Waals surface area contributed by atoms with Gasteiger partial charge in [0.1, 0.15) is 27.5 Å². The maximum atomic E-state index is 13.2. The molecule has 1 amide bonds. The van der Waals surface area contributed by atoms with Gasteiger partial charge < -0.3 is 14.4 Å². The molecule has 180 valence electrons. The van der Waals surface area contributed by atoms with Crippen LogP contribution in [0.5, 0.6) is 11.5 Å². The van der Waals surface area contributed by atoms with Crippen molar-refractivity contribution in [2.45, 2.75) is 4.90 Å². The first-order chi connectivity index (χ1) is 15.2. The number of fused-ring (bicyclic) bond motifs is 1. The third kappa shape index (κ3) is 6.27. The number of aromatic nitrogens is 1. The molecule has 0 aliphatic heterocycles. The van der Waals surface area contributed by atoms with Gasteiger partial charge >= 0.3 is 0 Å². The smallest absolute Gasteiger partial charge is 0.244 e. The SMILES string of the molecule is COc1ccc(OC)c2sc(N(CCN(C)C)C(=O)CS(=O)(=O)c3ccc(Cl)cc3)nc12.Cl. The van der Waals surface area contributed by atoms with Crippen LogP contribution < -0.4 is 14.4 Å². The van der Waals surface area contributed by atoms with Crippen molar-refractivity contribution in [1.82, 2.24) is 9.88 Å². The van der Waals surface area contributed by atoms with E-state index in [0.29, 0.717) is 38.4 Å². The minimum atomic E-state index is -3.86. The highest BCUT2D eigenvalue weighted by molar-refractivity contribution is 7.92. The van der Waals surface area contributed by atoms with E-state index in [2.05, 4.69) is 4.98 Å². The number of hydrogen-bond acceptors (Lipinski definition) is 8. The fourth-order valence-electron chi connectivity index (χ4n) is 2.98. The van der Waals surface area contributed by atoms with Gasteiger partial charge in [-0.2, -0.15) is 0 Å². The van der Waals surface area contributed by atoms with Crippen LogP contribution in [-0.2, 0) is 14.6 Å². The summed E-state index contributed by atoms with van der Waals surface area (Å²) in [5.41, 5.74) is 0.551. The van der Waals surface area contributed by atoms with Gasteiger partial charge in [-0.3, -0.25) is 9.69 Å². The van der Waals surface area contributed by atoms with Crippen LogP contribution in [0, 0.1) is 0 Å². The van der Waals surface area contributed by atoms with Crippen molar-refractivity contribution in [3.63, 3.8) is 0 Å². The Balaban J connectivity index is 0.00000385. The number of nitrogens with zero attached hydrogens (tertiary/aromatic N) is 3. The Morgan fingerprint density at radius 2 is 1.64 bits per heavy atom. The summed E-state index contributed by atoms with van der Waals surface area (Å²) in [6.07, 6.45) is 0. The molecular weight excluding hydrogens is 509 g/mol. The van der Waals surface area contributed by atoms with Gasteiger partial charge in [0.05, 0.1) is 19.1 Å². The molecule has 0 N–H and O–H groups in total. The third-order valence-corrected chi connectivity index (χ3v) is 7.65. The fourth-order valence-corrected chi connectivity index (χ4v) is 5.42. The Morgan fingerprint density at radius 1 is 1.03 bits per heavy atom. The van der Waals surface area contributed by atoms with E-state index in [1.165, 1.54) is 47.6 Å². The highest BCUT2D eigenvalue weighted by Gasteiger charge is 2.27. The predicted molar refractivity (Wildman–Crippen MR) is 134 cm³/mol. The van der Waals surface area contributed by atoms with Gasteiger partial charge in [0.2, 0.25) is 5.91 Å². The number of benzene rings is 2. The number of methoxy groups -OCH3 is 2. The number of halogens is 2. The van der Waals surface area contributed by atoms with Crippen molar-refractivity contribution in [3.8, 4) is 11.5 Å². The average Bonchev–Trinajstić information content (AvgIpc) is 3.18. The zero-order valence-electron chi connectivity index (χ0n) is 18.6. The van der Waals surface area contributed by atoms with Crippen LogP contribution in [0.3, 0.4) is 0 Å². The van der Waals surface area contributed by atoms with E-state index in [9.17, 15) is 13.2 Å². The Hall–Kier alpha value is -2.11. The number of rotatable bonds is 9. The van der Waals surface area contributed by atoms with Crippen LogP contribution in [0.1, 0.15) is 0 Å². The monoisotopic (exact) mass is 533 g/mol. The number of carbonyl (C=O) groups is 1. The van der Waals surface area contributed by atoms with E-state index in [1.807, 2.05) is 19.0 Å². The van der Waals surface area contributed by atoms with E-state index < -0.39 is 21.5 Å². The lowest BCUT2D eigenvalue weighted by molar-refractivity contribution is -0.116. The van der Waals surface area contributed by atoms with Crippen molar-refractivity contribution in [1.29, 1.82) is 0 Å². The zero-order chi connectivity index (χ0) is 23.5. The van der Waals surface area contributed by atoms with Crippen LogP contribution >= 0.6 is 35.3 Å². The second-order valence-electron chi connectivity index (χ2n) is 7.21. The first-order valence-corrected chi connectivity index (χ1v) is 12.5. The van der Waals surface area contributed by atoms with Gasteiger partial charge in [-0.05, 0) is 50.5 Å². The van der Waals surface area contributed by atoms with Crippen molar-refractivity contribution in [3.05, 3.63) is 41.4 Å². The second kappa shape index (κ2) is 11.3. The fraction of sp³-hybridized carbons (Fsp3) is 0.333. The zero-order valence-corrected chi connectivity index (χ0v) is 21.8. The maximum Gasteiger partial charge on any atom is 0.244 e. The standard InChI is InChI=1S/C21H24ClN3O5S2.ClH/c1-24(2)11-12-25(18(26)13-32(27,28)15-7-5-14(22)6-8-15)21-23-19-16(29-3)9-10-17(30-4)20(19)31-21;/h5-10H,11-13H2,1-4H3;1H. The van der Waals surface area contributed by atoms with Gasteiger partial charge in [-0.15, -0.1) is 12.4 Å². The molecule has 0 saturated heterocycles. The Bertz CT molecular complexity index is 1170. The van der Waals surface area contributed by atoms with E-state index in [-0.39, 0.29) is 23.8 Å². The summed E-state index contributed by atoms with van der Waals surface area (Å²) >= 11 is 7.10. The number of carbonyl (C=O) groups excluding carboxylic acids is 1. The average molecular weight is 534 g/mol. The van der Waals surface area contributed by atoms with Crippen molar-refractivity contribution < 1.29 is 22.7 Å². The molecule has 3 aromatic rings. The molecule has 1 aromatic heterocycles. The predicted octanol–water partition coefficient (Wildman–Crippen LogP) is 3.76. The first kappa shape index (κ1) is 27.1. The lowest BCUT2D eigenvalue weighted by atomic mass is 10.3. The molecule has 0 spiro atoms. The lowest BCUT2D eigenvalue weighted by Gasteiger charge is -2.22. The second-order valence-corrected chi connectivity index (χ2v) is 10.6. The molecule has 0 aliphatic rings. The molecule has 0 bridgehead atoms. The normalized spacial score (nSPS) is 11.3. The molecule has 0 fully saturated rings. The van der Waals surface area contributed by atoms with E-state index in [0.717, 1.165) is 0 Å². The largest absolute Gasteiger partial charge is 0.495 e. The molecule has 0 radical (unpaired) electrons. The minimum Gasteiger partial charge on any atom is -0.495 e. The lowest BCUT2D eigenvalue weighted by Crippen LogP contribution is -2.40. The van der Waals surface area contributed by atoms with E-state index >= 15 is 0 Å².